The van der Waals surface area contributed by atoms with Crippen molar-refractivity contribution in [1.82, 2.24) is 20.2 Å². The molecule has 3 aromatic rings. The van der Waals surface area contributed by atoms with Crippen LogP contribution in [0.2, 0.25) is 0 Å². The van der Waals surface area contributed by atoms with Crippen molar-refractivity contribution in [3.8, 4) is 0 Å². The van der Waals surface area contributed by atoms with Crippen molar-refractivity contribution in [2.75, 3.05) is 5.84 Å². The minimum absolute atomic E-state index is 0.0719. The number of carbonyl (C=O) groups is 1. The summed E-state index contributed by atoms with van der Waals surface area (Å²) in [6, 6.07) is 16.2. The Morgan fingerprint density at radius 3 is 2.61 bits per heavy atom. The molecule has 0 saturated heterocycles. The lowest BCUT2D eigenvalue weighted by atomic mass is 10.1. The first-order valence-corrected chi connectivity index (χ1v) is 9.94. The quantitative estimate of drug-likeness (QED) is 0.473. The van der Waals surface area contributed by atoms with E-state index in [9.17, 15) is 9.18 Å². The molecule has 6 nitrogen and oxygen atoms in total. The third-order valence-electron chi connectivity index (χ3n) is 4.53. The van der Waals surface area contributed by atoms with Gasteiger partial charge in [0.05, 0.1) is 0 Å². The van der Waals surface area contributed by atoms with Crippen LogP contribution in [0.25, 0.3) is 0 Å². The van der Waals surface area contributed by atoms with E-state index in [1.807, 2.05) is 30.3 Å². The summed E-state index contributed by atoms with van der Waals surface area (Å²) in [7, 11) is 0. The SMILES string of the molecule is Nn1c(Cc2ccccc2F)nnc1SC(C(=O)NC1CC1)c1ccccc1. The molecule has 4 rings (SSSR count). The maximum Gasteiger partial charge on any atom is 0.238 e. The summed E-state index contributed by atoms with van der Waals surface area (Å²) in [6.07, 6.45) is 2.25. The second-order valence-electron chi connectivity index (χ2n) is 6.73. The highest BCUT2D eigenvalue weighted by Gasteiger charge is 2.30. The molecule has 1 aliphatic carbocycles. The molecule has 1 unspecified atom stereocenters. The molecular formula is C20H20FN5OS. The van der Waals surface area contributed by atoms with Crippen LogP contribution in [0.1, 0.15) is 35.0 Å². The summed E-state index contributed by atoms with van der Waals surface area (Å²) in [5, 5.41) is 11.2. The highest BCUT2D eigenvalue weighted by molar-refractivity contribution is 8.00. The fourth-order valence-corrected chi connectivity index (χ4v) is 3.82. The topological polar surface area (TPSA) is 85.8 Å². The maximum atomic E-state index is 13.9. The van der Waals surface area contributed by atoms with Gasteiger partial charge in [0.25, 0.3) is 0 Å². The van der Waals surface area contributed by atoms with Crippen LogP contribution >= 0.6 is 11.8 Å². The highest BCUT2D eigenvalue weighted by atomic mass is 32.2. The lowest BCUT2D eigenvalue weighted by Gasteiger charge is -2.16. The number of carbonyl (C=O) groups excluding carboxylic acids is 1. The Labute approximate surface area is 166 Å². The van der Waals surface area contributed by atoms with Gasteiger partial charge in [-0.15, -0.1) is 10.2 Å². The summed E-state index contributed by atoms with van der Waals surface area (Å²) < 4.78 is 15.3. The lowest BCUT2D eigenvalue weighted by molar-refractivity contribution is -0.120. The van der Waals surface area contributed by atoms with Crippen LogP contribution in [-0.4, -0.2) is 26.8 Å². The van der Waals surface area contributed by atoms with Crippen molar-refractivity contribution >= 4 is 17.7 Å². The number of hydrogen-bond donors (Lipinski definition) is 2. The van der Waals surface area contributed by atoms with Gasteiger partial charge < -0.3 is 11.2 Å². The molecular weight excluding hydrogens is 377 g/mol. The molecule has 1 aromatic heterocycles. The smallest absolute Gasteiger partial charge is 0.238 e. The first kappa shape index (κ1) is 18.5. The molecule has 0 aliphatic heterocycles. The summed E-state index contributed by atoms with van der Waals surface area (Å²) in [4.78, 5) is 12.8. The van der Waals surface area contributed by atoms with Crippen LogP contribution in [0.3, 0.4) is 0 Å². The first-order chi connectivity index (χ1) is 13.6. The number of nitrogens with one attached hydrogen (secondary N) is 1. The number of nitrogens with two attached hydrogens (primary N) is 1. The Morgan fingerprint density at radius 2 is 1.89 bits per heavy atom. The molecule has 144 valence electrons. The molecule has 1 fully saturated rings. The van der Waals surface area contributed by atoms with Crippen molar-refractivity contribution < 1.29 is 9.18 Å². The second kappa shape index (κ2) is 8.02. The normalized spacial score (nSPS) is 14.6. The number of hydrogen-bond acceptors (Lipinski definition) is 5. The zero-order chi connectivity index (χ0) is 19.5. The van der Waals surface area contributed by atoms with E-state index in [0.717, 1.165) is 18.4 Å². The Balaban J connectivity index is 1.56. The van der Waals surface area contributed by atoms with Crippen molar-refractivity contribution in [2.45, 2.75) is 35.7 Å². The fraction of sp³-hybridized carbons (Fsp3) is 0.250. The van der Waals surface area contributed by atoms with E-state index >= 15 is 0 Å². The van der Waals surface area contributed by atoms with Crippen LogP contribution in [0, 0.1) is 5.82 Å². The number of nitrogen functional groups attached to an aromatic ring is 1. The van der Waals surface area contributed by atoms with Gasteiger partial charge in [-0.05, 0) is 30.0 Å². The lowest BCUT2D eigenvalue weighted by Crippen LogP contribution is -2.30. The molecule has 1 atom stereocenters. The van der Waals surface area contributed by atoms with Gasteiger partial charge >= 0.3 is 0 Å². The number of halogens is 1. The largest absolute Gasteiger partial charge is 0.352 e. The van der Waals surface area contributed by atoms with Crippen LogP contribution in [-0.2, 0) is 11.2 Å². The maximum absolute atomic E-state index is 13.9. The van der Waals surface area contributed by atoms with E-state index in [0.29, 0.717) is 16.5 Å². The second-order valence-corrected chi connectivity index (χ2v) is 7.80. The summed E-state index contributed by atoms with van der Waals surface area (Å²) >= 11 is 1.24. The average molecular weight is 397 g/mol. The van der Waals surface area contributed by atoms with Gasteiger partial charge in [-0.2, -0.15) is 0 Å². The molecule has 1 saturated carbocycles. The Kier molecular flexibility index (Phi) is 5.29. The Hall–Kier alpha value is -2.87. The molecule has 8 heteroatoms. The van der Waals surface area contributed by atoms with E-state index in [-0.39, 0.29) is 24.2 Å². The van der Waals surface area contributed by atoms with Crippen molar-refractivity contribution in [3.63, 3.8) is 0 Å². The van der Waals surface area contributed by atoms with E-state index in [2.05, 4.69) is 15.5 Å². The van der Waals surface area contributed by atoms with E-state index < -0.39 is 5.25 Å². The monoisotopic (exact) mass is 397 g/mol. The minimum Gasteiger partial charge on any atom is -0.352 e. The van der Waals surface area contributed by atoms with Crippen LogP contribution in [0.15, 0.2) is 59.8 Å². The molecule has 1 amide bonds. The van der Waals surface area contributed by atoms with Crippen LogP contribution in [0.4, 0.5) is 4.39 Å². The van der Waals surface area contributed by atoms with Gasteiger partial charge in [0.15, 0.2) is 5.82 Å². The zero-order valence-corrected chi connectivity index (χ0v) is 15.9. The number of benzene rings is 2. The van der Waals surface area contributed by atoms with Gasteiger partial charge in [0.1, 0.15) is 11.1 Å². The van der Waals surface area contributed by atoms with E-state index in [1.54, 1.807) is 18.2 Å². The minimum atomic E-state index is -0.491. The summed E-state index contributed by atoms with van der Waals surface area (Å²) in [5.41, 5.74) is 1.36. The third kappa shape index (κ3) is 4.17. The van der Waals surface area contributed by atoms with E-state index in [4.69, 9.17) is 5.84 Å². The predicted molar refractivity (Wildman–Crippen MR) is 106 cm³/mol. The standard InChI is InChI=1S/C20H20FN5OS/c21-16-9-5-4-8-14(16)12-17-24-25-20(26(17)22)28-18(13-6-2-1-3-7-13)19(27)23-15-10-11-15/h1-9,15,18H,10-12,22H2,(H,23,27). The molecule has 1 heterocycles. The number of aromatic nitrogens is 3. The number of rotatable bonds is 7. The van der Waals surface area contributed by atoms with E-state index in [1.165, 1.54) is 22.5 Å². The molecule has 2 aromatic carbocycles. The molecule has 0 spiro atoms. The van der Waals surface area contributed by atoms with Crippen molar-refractivity contribution in [2.24, 2.45) is 0 Å². The van der Waals surface area contributed by atoms with Gasteiger partial charge in [-0.1, -0.05) is 60.3 Å². The van der Waals surface area contributed by atoms with Gasteiger partial charge in [0.2, 0.25) is 11.1 Å². The number of thioether (sulfide) groups is 1. The molecule has 28 heavy (non-hydrogen) atoms. The number of nitrogens with zero attached hydrogens (tertiary/aromatic N) is 3. The average Bonchev–Trinajstić information content (AvgIpc) is 3.46. The van der Waals surface area contributed by atoms with Gasteiger partial charge in [-0.3, -0.25) is 4.79 Å². The third-order valence-corrected chi connectivity index (χ3v) is 5.74. The van der Waals surface area contributed by atoms with Crippen molar-refractivity contribution in [1.29, 1.82) is 0 Å². The predicted octanol–water partition coefficient (Wildman–Crippen LogP) is 2.83. The molecule has 1 aliphatic rings. The molecule has 0 bridgehead atoms. The highest BCUT2D eigenvalue weighted by Crippen LogP contribution is 2.35. The van der Waals surface area contributed by atoms with Crippen molar-refractivity contribution in [3.05, 3.63) is 77.4 Å². The molecule has 3 N–H and O–H groups in total. The summed E-state index contributed by atoms with van der Waals surface area (Å²) in [6.45, 7) is 0. The van der Waals surface area contributed by atoms with Gasteiger partial charge in [0, 0.05) is 12.5 Å². The Morgan fingerprint density at radius 1 is 1.18 bits per heavy atom. The Bertz CT molecular complexity index is 974. The number of amides is 1. The summed E-state index contributed by atoms with van der Waals surface area (Å²) in [5.74, 6) is 6.20. The first-order valence-electron chi connectivity index (χ1n) is 9.06. The fourth-order valence-electron chi connectivity index (χ4n) is 2.83. The van der Waals surface area contributed by atoms with Gasteiger partial charge in [-0.25, -0.2) is 9.07 Å². The zero-order valence-electron chi connectivity index (χ0n) is 15.1. The molecule has 0 radical (unpaired) electrons. The van der Waals surface area contributed by atoms with Crippen LogP contribution < -0.4 is 11.2 Å². The van der Waals surface area contributed by atoms with Crippen LogP contribution in [0.5, 0.6) is 0 Å².